The Balaban J connectivity index is 2.29. The molecule has 2 aromatic rings. The summed E-state index contributed by atoms with van der Waals surface area (Å²) in [5, 5.41) is 9.19. The van der Waals surface area contributed by atoms with Gasteiger partial charge in [0.25, 0.3) is 0 Å². The van der Waals surface area contributed by atoms with E-state index < -0.39 is 5.97 Å². The van der Waals surface area contributed by atoms with Crippen LogP contribution in [0.15, 0.2) is 48.5 Å². The van der Waals surface area contributed by atoms with E-state index in [1.54, 1.807) is 30.3 Å². The van der Waals surface area contributed by atoms with Gasteiger partial charge in [-0.2, -0.15) is 0 Å². The van der Waals surface area contributed by atoms with E-state index in [0.29, 0.717) is 11.5 Å². The molecule has 0 bridgehead atoms. The van der Waals surface area contributed by atoms with Crippen molar-refractivity contribution in [3.63, 3.8) is 0 Å². The molecule has 0 saturated heterocycles. The first kappa shape index (κ1) is 16.0. The highest BCUT2D eigenvalue weighted by Crippen LogP contribution is 2.22. The summed E-state index contributed by atoms with van der Waals surface area (Å²) in [6, 6.07) is 13.8. The molecule has 0 radical (unpaired) electrons. The minimum Gasteiger partial charge on any atom is -0.478 e. The molecular weight excluding hydrogens is 276 g/mol. The predicted octanol–water partition coefficient (Wildman–Crippen LogP) is 4.52. The van der Waals surface area contributed by atoms with E-state index in [4.69, 9.17) is 0 Å². The van der Waals surface area contributed by atoms with E-state index in [2.05, 4.69) is 13.8 Å². The lowest BCUT2D eigenvalue weighted by molar-refractivity contribution is 0.0693. The zero-order chi connectivity index (χ0) is 16.1. The van der Waals surface area contributed by atoms with Crippen molar-refractivity contribution in [1.82, 2.24) is 0 Å². The Hall–Kier alpha value is -2.42. The second-order valence-electron chi connectivity index (χ2n) is 5.49. The zero-order valence-electron chi connectivity index (χ0n) is 12.9. The Bertz CT molecular complexity index is 671. The summed E-state index contributed by atoms with van der Waals surface area (Å²) < 4.78 is 0. The van der Waals surface area contributed by atoms with Gasteiger partial charge in [0, 0.05) is 11.1 Å². The Morgan fingerprint density at radius 1 is 1.00 bits per heavy atom. The summed E-state index contributed by atoms with van der Waals surface area (Å²) in [4.78, 5) is 23.7. The van der Waals surface area contributed by atoms with Crippen LogP contribution in [-0.2, 0) is 0 Å². The summed E-state index contributed by atoms with van der Waals surface area (Å²) in [5.74, 6) is -0.884. The normalized spacial score (nSPS) is 11.9. The second kappa shape index (κ2) is 7.03. The Kier molecular flexibility index (Phi) is 5.10. The summed E-state index contributed by atoms with van der Waals surface area (Å²) in [7, 11) is 0. The van der Waals surface area contributed by atoms with Gasteiger partial charge in [-0.1, -0.05) is 62.7 Å². The third-order valence-corrected chi connectivity index (χ3v) is 3.87. The van der Waals surface area contributed by atoms with Crippen molar-refractivity contribution in [2.24, 2.45) is 0 Å². The van der Waals surface area contributed by atoms with Crippen LogP contribution in [0.3, 0.4) is 0 Å². The maximum Gasteiger partial charge on any atom is 0.336 e. The molecule has 22 heavy (non-hydrogen) atoms. The SMILES string of the molecule is CCCC(C)c1ccc(C(=O)c2ccccc2C(=O)O)cc1. The average Bonchev–Trinajstić information content (AvgIpc) is 2.54. The van der Waals surface area contributed by atoms with E-state index in [0.717, 1.165) is 12.8 Å². The van der Waals surface area contributed by atoms with E-state index in [1.165, 1.54) is 11.6 Å². The first-order chi connectivity index (χ1) is 10.5. The van der Waals surface area contributed by atoms with Crippen molar-refractivity contribution in [3.05, 3.63) is 70.8 Å². The highest BCUT2D eigenvalue weighted by Gasteiger charge is 2.17. The maximum absolute atomic E-state index is 12.5. The Labute approximate surface area is 130 Å². The fourth-order valence-electron chi connectivity index (χ4n) is 2.59. The minimum absolute atomic E-state index is 0.0379. The molecule has 1 unspecified atom stereocenters. The van der Waals surface area contributed by atoms with Crippen LogP contribution >= 0.6 is 0 Å². The number of hydrogen-bond donors (Lipinski definition) is 1. The molecule has 0 saturated carbocycles. The fourth-order valence-corrected chi connectivity index (χ4v) is 2.59. The van der Waals surface area contributed by atoms with Crippen molar-refractivity contribution in [2.45, 2.75) is 32.6 Å². The lowest BCUT2D eigenvalue weighted by atomic mass is 9.93. The Morgan fingerprint density at radius 3 is 2.14 bits per heavy atom. The van der Waals surface area contributed by atoms with Crippen LogP contribution in [0.25, 0.3) is 0 Å². The molecule has 2 rings (SSSR count). The summed E-state index contributed by atoms with van der Waals surface area (Å²) in [6.45, 7) is 4.32. The van der Waals surface area contributed by atoms with Gasteiger partial charge in [-0.25, -0.2) is 4.79 Å². The van der Waals surface area contributed by atoms with Crippen LogP contribution in [0, 0.1) is 0 Å². The van der Waals surface area contributed by atoms with Gasteiger partial charge in [0.15, 0.2) is 5.78 Å². The smallest absolute Gasteiger partial charge is 0.336 e. The van der Waals surface area contributed by atoms with Crippen LogP contribution in [0.1, 0.15) is 64.4 Å². The van der Waals surface area contributed by atoms with Crippen LogP contribution in [0.2, 0.25) is 0 Å². The molecule has 3 nitrogen and oxygen atoms in total. The van der Waals surface area contributed by atoms with Crippen LogP contribution in [0.4, 0.5) is 0 Å². The molecule has 0 fully saturated rings. The van der Waals surface area contributed by atoms with Crippen LogP contribution in [0.5, 0.6) is 0 Å². The molecule has 0 aromatic heterocycles. The molecule has 0 spiro atoms. The molecule has 0 heterocycles. The number of hydrogen-bond acceptors (Lipinski definition) is 2. The van der Waals surface area contributed by atoms with Gasteiger partial charge in [-0.05, 0) is 24.0 Å². The quantitative estimate of drug-likeness (QED) is 0.797. The molecule has 0 aliphatic rings. The molecule has 0 aliphatic carbocycles. The standard InChI is InChI=1S/C19H20O3/c1-3-6-13(2)14-9-11-15(12-10-14)18(20)16-7-4-5-8-17(16)19(21)22/h4-5,7-13H,3,6H2,1-2H3,(H,21,22). The lowest BCUT2D eigenvalue weighted by Gasteiger charge is -2.11. The van der Waals surface area contributed by atoms with Crippen molar-refractivity contribution in [2.75, 3.05) is 0 Å². The highest BCUT2D eigenvalue weighted by molar-refractivity contribution is 6.14. The molecular formula is C19H20O3. The molecule has 1 atom stereocenters. The summed E-state index contributed by atoms with van der Waals surface area (Å²) in [5.41, 5.74) is 1.98. The first-order valence-corrected chi connectivity index (χ1v) is 7.51. The summed E-state index contributed by atoms with van der Waals surface area (Å²) in [6.07, 6.45) is 2.23. The van der Waals surface area contributed by atoms with E-state index >= 15 is 0 Å². The topological polar surface area (TPSA) is 54.4 Å². The molecule has 0 aliphatic heterocycles. The number of carbonyl (C=O) groups is 2. The summed E-state index contributed by atoms with van der Waals surface area (Å²) >= 11 is 0. The van der Waals surface area contributed by atoms with Gasteiger partial charge < -0.3 is 5.11 Å². The number of rotatable bonds is 6. The van der Waals surface area contributed by atoms with Gasteiger partial charge in [-0.3, -0.25) is 4.79 Å². The Morgan fingerprint density at radius 2 is 1.59 bits per heavy atom. The van der Waals surface area contributed by atoms with Crippen LogP contribution in [-0.4, -0.2) is 16.9 Å². The minimum atomic E-state index is -1.09. The van der Waals surface area contributed by atoms with Crippen molar-refractivity contribution < 1.29 is 14.7 Å². The third kappa shape index (κ3) is 3.42. The van der Waals surface area contributed by atoms with E-state index in [1.807, 2.05) is 12.1 Å². The predicted molar refractivity (Wildman–Crippen MR) is 86.6 cm³/mol. The number of benzene rings is 2. The van der Waals surface area contributed by atoms with Crippen molar-refractivity contribution in [3.8, 4) is 0 Å². The maximum atomic E-state index is 12.5. The van der Waals surface area contributed by atoms with Crippen molar-refractivity contribution >= 4 is 11.8 Å². The fraction of sp³-hybridized carbons (Fsp3) is 0.263. The average molecular weight is 296 g/mol. The second-order valence-corrected chi connectivity index (χ2v) is 5.49. The number of carbonyl (C=O) groups excluding carboxylic acids is 1. The largest absolute Gasteiger partial charge is 0.478 e. The highest BCUT2D eigenvalue weighted by atomic mass is 16.4. The lowest BCUT2D eigenvalue weighted by Crippen LogP contribution is -2.09. The number of carboxylic acid groups (broad SMARTS) is 1. The van der Waals surface area contributed by atoms with Gasteiger partial charge in [0.2, 0.25) is 0 Å². The molecule has 3 heteroatoms. The van der Waals surface area contributed by atoms with E-state index in [-0.39, 0.29) is 16.9 Å². The monoisotopic (exact) mass is 296 g/mol. The zero-order valence-corrected chi connectivity index (χ0v) is 12.9. The van der Waals surface area contributed by atoms with Gasteiger partial charge in [0.05, 0.1) is 5.56 Å². The number of ketones is 1. The molecule has 2 aromatic carbocycles. The van der Waals surface area contributed by atoms with Gasteiger partial charge in [-0.15, -0.1) is 0 Å². The van der Waals surface area contributed by atoms with Gasteiger partial charge >= 0.3 is 5.97 Å². The molecule has 114 valence electrons. The number of aromatic carboxylic acids is 1. The van der Waals surface area contributed by atoms with Gasteiger partial charge in [0.1, 0.15) is 0 Å². The molecule has 0 amide bonds. The number of carboxylic acids is 1. The first-order valence-electron chi connectivity index (χ1n) is 7.51. The molecule has 1 N–H and O–H groups in total. The third-order valence-electron chi connectivity index (χ3n) is 3.87. The van der Waals surface area contributed by atoms with Crippen LogP contribution < -0.4 is 0 Å². The van der Waals surface area contributed by atoms with E-state index in [9.17, 15) is 14.7 Å². The van der Waals surface area contributed by atoms with Crippen molar-refractivity contribution in [1.29, 1.82) is 0 Å².